The smallest absolute Gasteiger partial charge is 0.352 e. The van der Waals surface area contributed by atoms with Gasteiger partial charge in [-0.1, -0.05) is 6.92 Å². The van der Waals surface area contributed by atoms with E-state index in [9.17, 15) is 13.2 Å². The maximum absolute atomic E-state index is 12.1. The second kappa shape index (κ2) is 6.87. The molecule has 0 amide bonds. The van der Waals surface area contributed by atoms with Gasteiger partial charge in [-0.15, -0.1) is 0 Å². The van der Waals surface area contributed by atoms with Gasteiger partial charge in [0.05, 0.1) is 0 Å². The van der Waals surface area contributed by atoms with E-state index >= 15 is 0 Å². The summed E-state index contributed by atoms with van der Waals surface area (Å²) in [6.45, 7) is 4.66. The molecule has 1 aromatic heterocycles. The van der Waals surface area contributed by atoms with Crippen molar-refractivity contribution in [1.29, 1.82) is 0 Å². The number of rotatable bonds is 8. The molecule has 0 bridgehead atoms. The van der Waals surface area contributed by atoms with Gasteiger partial charge in [0.25, 0.3) is 0 Å². The van der Waals surface area contributed by atoms with Crippen LogP contribution in [0.2, 0.25) is 0 Å². The Morgan fingerprint density at radius 3 is 2.65 bits per heavy atom. The summed E-state index contributed by atoms with van der Waals surface area (Å²) in [6.07, 6.45) is 1.33. The monoisotopic (exact) mass is 304 g/mol. The summed E-state index contributed by atoms with van der Waals surface area (Å²) in [5, 5.41) is 9.01. The zero-order valence-electron chi connectivity index (χ0n) is 11.8. The fourth-order valence-corrected chi connectivity index (χ4v) is 2.95. The number of nitrogens with zero attached hydrogens (tertiary/aromatic N) is 1. The Kier molecular flexibility index (Phi) is 5.73. The van der Waals surface area contributed by atoms with Gasteiger partial charge < -0.3 is 14.4 Å². The third-order valence-corrected chi connectivity index (χ3v) is 4.21. The Bertz CT molecular complexity index is 564. The molecule has 0 fully saturated rings. The summed E-state index contributed by atoms with van der Waals surface area (Å²) >= 11 is 0. The van der Waals surface area contributed by atoms with Gasteiger partial charge in [-0.25, -0.2) is 17.9 Å². The molecule has 0 aromatic carbocycles. The van der Waals surface area contributed by atoms with Gasteiger partial charge in [0.1, 0.15) is 10.6 Å². The predicted molar refractivity (Wildman–Crippen MR) is 73.3 cm³/mol. The molecule has 1 atom stereocenters. The van der Waals surface area contributed by atoms with Crippen molar-refractivity contribution < 1.29 is 23.1 Å². The Morgan fingerprint density at radius 1 is 1.55 bits per heavy atom. The summed E-state index contributed by atoms with van der Waals surface area (Å²) in [5.41, 5.74) is -0.0437. The molecule has 114 valence electrons. The van der Waals surface area contributed by atoms with Crippen molar-refractivity contribution in [1.82, 2.24) is 9.29 Å². The molecule has 1 unspecified atom stereocenters. The molecule has 0 aliphatic carbocycles. The summed E-state index contributed by atoms with van der Waals surface area (Å²) in [4.78, 5) is 11.0. The Balaban J connectivity index is 2.90. The predicted octanol–water partition coefficient (Wildman–Crippen LogP) is 0.767. The Morgan fingerprint density at radius 2 is 2.20 bits per heavy atom. The maximum atomic E-state index is 12.1. The van der Waals surface area contributed by atoms with Gasteiger partial charge in [0.2, 0.25) is 10.0 Å². The SMILES string of the molecule is CCn1cc(S(=O)(=O)NCC(C)COC)cc1C(=O)O. The number of hydrogen-bond acceptors (Lipinski definition) is 4. The van der Waals surface area contributed by atoms with Crippen LogP contribution in [0.4, 0.5) is 0 Å². The molecule has 20 heavy (non-hydrogen) atoms. The largest absolute Gasteiger partial charge is 0.477 e. The van der Waals surface area contributed by atoms with Crippen LogP contribution in [-0.2, 0) is 21.3 Å². The van der Waals surface area contributed by atoms with Crippen LogP contribution in [0.25, 0.3) is 0 Å². The molecule has 0 aliphatic rings. The molecule has 0 saturated heterocycles. The van der Waals surface area contributed by atoms with Crippen LogP contribution < -0.4 is 4.72 Å². The number of aromatic nitrogens is 1. The number of carbonyl (C=O) groups is 1. The van der Waals surface area contributed by atoms with Crippen molar-refractivity contribution in [2.45, 2.75) is 25.3 Å². The molecular formula is C12H20N2O5S. The number of sulfonamides is 1. The number of aryl methyl sites for hydroxylation is 1. The minimum Gasteiger partial charge on any atom is -0.477 e. The van der Waals surface area contributed by atoms with E-state index < -0.39 is 16.0 Å². The van der Waals surface area contributed by atoms with E-state index in [1.165, 1.54) is 10.8 Å². The fourth-order valence-electron chi connectivity index (χ4n) is 1.75. The van der Waals surface area contributed by atoms with Crippen LogP contribution in [0, 0.1) is 5.92 Å². The molecular weight excluding hydrogens is 284 g/mol. The number of ether oxygens (including phenoxy) is 1. The van der Waals surface area contributed by atoms with Crippen LogP contribution in [0.15, 0.2) is 17.2 Å². The van der Waals surface area contributed by atoms with E-state index in [4.69, 9.17) is 9.84 Å². The normalized spacial score (nSPS) is 13.3. The van der Waals surface area contributed by atoms with Gasteiger partial charge in [-0.05, 0) is 18.9 Å². The minimum atomic E-state index is -3.71. The van der Waals surface area contributed by atoms with E-state index in [2.05, 4.69) is 4.72 Å². The molecule has 7 nitrogen and oxygen atoms in total. The van der Waals surface area contributed by atoms with Crippen molar-refractivity contribution in [3.8, 4) is 0 Å². The van der Waals surface area contributed by atoms with E-state index in [0.717, 1.165) is 6.07 Å². The van der Waals surface area contributed by atoms with Gasteiger partial charge in [0.15, 0.2) is 0 Å². The molecule has 0 aliphatic heterocycles. The van der Waals surface area contributed by atoms with Gasteiger partial charge >= 0.3 is 5.97 Å². The van der Waals surface area contributed by atoms with Gasteiger partial charge in [0, 0.05) is 33.0 Å². The first-order valence-corrected chi connectivity index (χ1v) is 7.72. The lowest BCUT2D eigenvalue weighted by atomic mass is 10.2. The molecule has 0 spiro atoms. The second-order valence-electron chi connectivity index (χ2n) is 4.56. The number of carboxylic acid groups (broad SMARTS) is 1. The summed E-state index contributed by atoms with van der Waals surface area (Å²) in [6, 6.07) is 1.16. The lowest BCUT2D eigenvalue weighted by Gasteiger charge is -2.11. The molecule has 1 aromatic rings. The van der Waals surface area contributed by atoms with Crippen molar-refractivity contribution >= 4 is 16.0 Å². The van der Waals surface area contributed by atoms with Crippen LogP contribution in [0.5, 0.6) is 0 Å². The molecule has 1 heterocycles. The van der Waals surface area contributed by atoms with E-state index in [1.807, 2.05) is 6.92 Å². The molecule has 0 radical (unpaired) electrons. The van der Waals surface area contributed by atoms with Crippen LogP contribution >= 0.6 is 0 Å². The van der Waals surface area contributed by atoms with Crippen LogP contribution in [0.1, 0.15) is 24.3 Å². The highest BCUT2D eigenvalue weighted by Gasteiger charge is 2.21. The summed E-state index contributed by atoms with van der Waals surface area (Å²) in [7, 11) is -2.16. The number of aromatic carboxylic acids is 1. The van der Waals surface area contributed by atoms with Crippen LogP contribution in [-0.4, -0.2) is 44.3 Å². The second-order valence-corrected chi connectivity index (χ2v) is 6.33. The van der Waals surface area contributed by atoms with Gasteiger partial charge in [-0.3, -0.25) is 0 Å². The first kappa shape index (κ1) is 16.7. The molecule has 0 saturated carbocycles. The van der Waals surface area contributed by atoms with Crippen molar-refractivity contribution in [3.05, 3.63) is 18.0 Å². The van der Waals surface area contributed by atoms with Gasteiger partial charge in [-0.2, -0.15) is 0 Å². The number of hydrogen-bond donors (Lipinski definition) is 2. The third kappa shape index (κ3) is 4.06. The quantitative estimate of drug-likeness (QED) is 0.739. The van der Waals surface area contributed by atoms with E-state index in [0.29, 0.717) is 13.2 Å². The number of methoxy groups -OCH3 is 1. The minimum absolute atomic E-state index is 0.0296. The third-order valence-electron chi connectivity index (χ3n) is 2.81. The topological polar surface area (TPSA) is 97.6 Å². The van der Waals surface area contributed by atoms with Crippen LogP contribution in [0.3, 0.4) is 0 Å². The molecule has 8 heteroatoms. The summed E-state index contributed by atoms with van der Waals surface area (Å²) in [5.74, 6) is -1.12. The average Bonchev–Trinajstić information content (AvgIpc) is 2.82. The summed E-state index contributed by atoms with van der Waals surface area (Å²) < 4.78 is 32.9. The standard InChI is InChI=1S/C12H20N2O5S/c1-4-14-7-10(5-11(14)12(15)16)20(17,18)13-6-9(2)8-19-3/h5,7,9,13H,4,6,8H2,1-3H3,(H,15,16). The zero-order chi connectivity index (χ0) is 15.3. The number of carboxylic acids is 1. The Hall–Kier alpha value is -1.38. The fraction of sp³-hybridized carbons (Fsp3) is 0.583. The number of nitrogens with one attached hydrogen (secondary N) is 1. The van der Waals surface area contributed by atoms with E-state index in [-0.39, 0.29) is 23.1 Å². The first-order valence-electron chi connectivity index (χ1n) is 6.23. The molecule has 2 N–H and O–H groups in total. The lowest BCUT2D eigenvalue weighted by molar-refractivity contribution is 0.0685. The highest BCUT2D eigenvalue weighted by atomic mass is 32.2. The zero-order valence-corrected chi connectivity index (χ0v) is 12.6. The highest BCUT2D eigenvalue weighted by Crippen LogP contribution is 2.15. The van der Waals surface area contributed by atoms with E-state index in [1.54, 1.807) is 14.0 Å². The first-order chi connectivity index (χ1) is 9.31. The Labute approximate surface area is 118 Å². The maximum Gasteiger partial charge on any atom is 0.352 e. The highest BCUT2D eigenvalue weighted by molar-refractivity contribution is 7.89. The molecule has 1 rings (SSSR count). The average molecular weight is 304 g/mol. The van der Waals surface area contributed by atoms with Crippen molar-refractivity contribution in [3.63, 3.8) is 0 Å². The van der Waals surface area contributed by atoms with Crippen molar-refractivity contribution in [2.75, 3.05) is 20.3 Å². The lowest BCUT2D eigenvalue weighted by Crippen LogP contribution is -2.29. The van der Waals surface area contributed by atoms with Crippen molar-refractivity contribution in [2.24, 2.45) is 5.92 Å².